The predicted molar refractivity (Wildman–Crippen MR) is 219 cm³/mol. The molecule has 1 spiro atoms. The topological polar surface area (TPSA) is 0 Å². The van der Waals surface area contributed by atoms with Crippen LogP contribution in [0.25, 0.3) is 76.8 Å². The maximum atomic E-state index is 2.67. The van der Waals surface area contributed by atoms with E-state index in [1.807, 2.05) is 0 Å². The second kappa shape index (κ2) is 10.8. The first kappa shape index (κ1) is 29.2. The first-order valence-corrected chi connectivity index (χ1v) is 19.5. The summed E-state index contributed by atoms with van der Waals surface area (Å²) in [6, 6.07) is 60.2. The van der Waals surface area contributed by atoms with Gasteiger partial charge in [-0.05, 0) is 162 Å². The molecule has 8 aromatic rings. The van der Waals surface area contributed by atoms with Crippen molar-refractivity contribution in [2.24, 2.45) is 23.7 Å². The Hall–Kier alpha value is -5.46. The molecule has 4 fully saturated rings. The molecule has 0 amide bonds. The molecule has 5 aliphatic rings. The lowest BCUT2D eigenvalue weighted by Gasteiger charge is -2.61. The van der Waals surface area contributed by atoms with E-state index in [-0.39, 0.29) is 5.41 Å². The van der Waals surface area contributed by atoms with Crippen LogP contribution in [-0.2, 0) is 5.41 Å². The standard InChI is InChI=1S/C52H40/c1-2-11-35-29-37(21-20-34(35)10-1)36-12-9-13-38(30-36)50-44-15-3-5-17-46(44)51(47-18-6-4-16-45(47)50)39-22-23-43-42-14-7-8-19-48(42)52(49(43)31-39)40-25-32-24-33(27-40)28-41(52)26-32/h1-23,29-33,40-41H,24-28H2. The van der Waals surface area contributed by atoms with E-state index in [0.29, 0.717) is 0 Å². The molecular formula is C52H40. The van der Waals surface area contributed by atoms with Crippen molar-refractivity contribution in [3.8, 4) is 44.5 Å². The van der Waals surface area contributed by atoms with Gasteiger partial charge in [0.2, 0.25) is 0 Å². The molecule has 0 heteroatoms. The quantitative estimate of drug-likeness (QED) is 0.165. The summed E-state index contributed by atoms with van der Waals surface area (Å²) in [4.78, 5) is 0. The summed E-state index contributed by atoms with van der Waals surface area (Å²) < 4.78 is 0. The van der Waals surface area contributed by atoms with Gasteiger partial charge in [0.25, 0.3) is 0 Å². The van der Waals surface area contributed by atoms with E-state index in [1.54, 1.807) is 11.1 Å². The van der Waals surface area contributed by atoms with Crippen molar-refractivity contribution in [1.82, 2.24) is 0 Å². The molecule has 0 radical (unpaired) electrons. The second-order valence-electron chi connectivity index (χ2n) is 16.5. The summed E-state index contributed by atoms with van der Waals surface area (Å²) in [5.74, 6) is 3.39. The summed E-state index contributed by atoms with van der Waals surface area (Å²) in [7, 11) is 0. The lowest BCUT2D eigenvalue weighted by atomic mass is 9.43. The Morgan fingerprint density at radius 1 is 0.346 bits per heavy atom. The maximum Gasteiger partial charge on any atom is 0.0272 e. The largest absolute Gasteiger partial charge is 0.0619 e. The first-order valence-electron chi connectivity index (χ1n) is 19.5. The van der Waals surface area contributed by atoms with Crippen LogP contribution in [-0.4, -0.2) is 0 Å². The Morgan fingerprint density at radius 2 is 0.865 bits per heavy atom. The molecule has 0 saturated heterocycles. The van der Waals surface area contributed by atoms with Crippen LogP contribution in [0.3, 0.4) is 0 Å². The van der Waals surface area contributed by atoms with Crippen LogP contribution < -0.4 is 0 Å². The lowest BCUT2D eigenvalue weighted by Crippen LogP contribution is -2.55. The summed E-state index contributed by atoms with van der Waals surface area (Å²) >= 11 is 0. The Morgan fingerprint density at radius 3 is 1.56 bits per heavy atom. The highest BCUT2D eigenvalue weighted by atomic mass is 14.6. The molecule has 52 heavy (non-hydrogen) atoms. The Labute approximate surface area is 305 Å². The summed E-state index contributed by atoms with van der Waals surface area (Å²) in [6.45, 7) is 0. The summed E-state index contributed by atoms with van der Waals surface area (Å²) in [6.07, 6.45) is 7.11. The van der Waals surface area contributed by atoms with Gasteiger partial charge >= 0.3 is 0 Å². The predicted octanol–water partition coefficient (Wildman–Crippen LogP) is 13.9. The first-order chi connectivity index (χ1) is 25.7. The van der Waals surface area contributed by atoms with Crippen LogP contribution in [0.15, 0.2) is 158 Å². The van der Waals surface area contributed by atoms with Crippen molar-refractivity contribution in [1.29, 1.82) is 0 Å². The van der Waals surface area contributed by atoms with Crippen molar-refractivity contribution in [3.05, 3.63) is 169 Å². The highest BCUT2D eigenvalue weighted by Gasteiger charge is 2.61. The van der Waals surface area contributed by atoms with Crippen molar-refractivity contribution in [2.75, 3.05) is 0 Å². The van der Waals surface area contributed by atoms with Crippen LogP contribution in [0.5, 0.6) is 0 Å². The zero-order valence-corrected chi connectivity index (χ0v) is 29.4. The SMILES string of the molecule is c1cc(-c2ccc3ccccc3c2)cc(-c2c3ccccc3c(-c3ccc4c(c3)C3(c5ccccc5-4)C4CC5CC(C4)CC3C5)c3ccccc23)c1. The van der Waals surface area contributed by atoms with Gasteiger partial charge in [-0.2, -0.15) is 0 Å². The highest BCUT2D eigenvalue weighted by Crippen LogP contribution is 2.69. The summed E-state index contributed by atoms with van der Waals surface area (Å²) in [5.41, 5.74) is 14.2. The summed E-state index contributed by atoms with van der Waals surface area (Å²) in [5, 5.41) is 7.86. The van der Waals surface area contributed by atoms with Gasteiger partial charge in [0, 0.05) is 5.41 Å². The second-order valence-corrected chi connectivity index (χ2v) is 16.5. The van der Waals surface area contributed by atoms with Crippen molar-refractivity contribution >= 4 is 32.3 Å². The molecule has 0 heterocycles. The van der Waals surface area contributed by atoms with Gasteiger partial charge in [-0.3, -0.25) is 0 Å². The fourth-order valence-corrected chi connectivity index (χ4v) is 12.3. The van der Waals surface area contributed by atoms with Crippen LogP contribution in [0.1, 0.15) is 43.2 Å². The van der Waals surface area contributed by atoms with Crippen molar-refractivity contribution in [3.63, 3.8) is 0 Å². The smallest absolute Gasteiger partial charge is 0.0272 e. The zero-order chi connectivity index (χ0) is 34.0. The lowest BCUT2D eigenvalue weighted by molar-refractivity contribution is -0.0399. The average Bonchev–Trinajstić information content (AvgIpc) is 3.48. The molecule has 0 aromatic heterocycles. The normalized spacial score (nSPS) is 23.8. The fraction of sp³-hybridized carbons (Fsp3) is 0.192. The molecule has 0 nitrogen and oxygen atoms in total. The molecule has 0 unspecified atom stereocenters. The zero-order valence-electron chi connectivity index (χ0n) is 29.4. The Balaban J connectivity index is 1.08. The van der Waals surface area contributed by atoms with Gasteiger partial charge in [0.15, 0.2) is 0 Å². The number of rotatable bonds is 3. The maximum absolute atomic E-state index is 2.67. The monoisotopic (exact) mass is 664 g/mol. The third kappa shape index (κ3) is 3.93. The molecule has 0 N–H and O–H groups in total. The van der Waals surface area contributed by atoms with Crippen LogP contribution in [0.2, 0.25) is 0 Å². The third-order valence-electron chi connectivity index (χ3n) is 14.0. The van der Waals surface area contributed by atoms with E-state index < -0.39 is 0 Å². The minimum Gasteiger partial charge on any atom is -0.0619 e. The molecule has 5 aliphatic carbocycles. The van der Waals surface area contributed by atoms with Crippen LogP contribution >= 0.6 is 0 Å². The molecule has 4 bridgehead atoms. The number of fused-ring (bicyclic) bond motifs is 6. The Bertz CT molecular complexity index is 2680. The van der Waals surface area contributed by atoms with Crippen molar-refractivity contribution < 1.29 is 0 Å². The average molecular weight is 665 g/mol. The van der Waals surface area contributed by atoms with E-state index in [9.17, 15) is 0 Å². The van der Waals surface area contributed by atoms with E-state index in [4.69, 9.17) is 0 Å². The van der Waals surface area contributed by atoms with Gasteiger partial charge in [0.05, 0.1) is 0 Å². The van der Waals surface area contributed by atoms with E-state index in [2.05, 4.69) is 158 Å². The molecule has 13 rings (SSSR count). The van der Waals surface area contributed by atoms with Gasteiger partial charge < -0.3 is 0 Å². The minimum absolute atomic E-state index is 0.157. The molecule has 248 valence electrons. The van der Waals surface area contributed by atoms with E-state index >= 15 is 0 Å². The van der Waals surface area contributed by atoms with Gasteiger partial charge in [-0.15, -0.1) is 0 Å². The highest BCUT2D eigenvalue weighted by molar-refractivity contribution is 6.21. The van der Waals surface area contributed by atoms with E-state index in [1.165, 1.54) is 109 Å². The molecule has 4 saturated carbocycles. The molecule has 0 aliphatic heterocycles. The number of hydrogen-bond acceptors (Lipinski definition) is 0. The van der Waals surface area contributed by atoms with Crippen LogP contribution in [0, 0.1) is 23.7 Å². The molecular weight excluding hydrogens is 625 g/mol. The van der Waals surface area contributed by atoms with Crippen LogP contribution in [0.4, 0.5) is 0 Å². The minimum atomic E-state index is 0.157. The van der Waals surface area contributed by atoms with Crippen molar-refractivity contribution in [2.45, 2.75) is 37.5 Å². The third-order valence-corrected chi connectivity index (χ3v) is 14.0. The molecule has 8 aromatic carbocycles. The van der Waals surface area contributed by atoms with Gasteiger partial charge in [0.1, 0.15) is 0 Å². The number of hydrogen-bond donors (Lipinski definition) is 0. The Kier molecular flexibility index (Phi) is 6.04. The molecule has 0 atom stereocenters. The number of benzene rings is 8. The van der Waals surface area contributed by atoms with E-state index in [0.717, 1.165) is 23.7 Å². The van der Waals surface area contributed by atoms with Gasteiger partial charge in [-0.25, -0.2) is 0 Å². The fourth-order valence-electron chi connectivity index (χ4n) is 12.3. The van der Waals surface area contributed by atoms with Gasteiger partial charge in [-0.1, -0.05) is 140 Å².